The van der Waals surface area contributed by atoms with Gasteiger partial charge >= 0.3 is 0 Å². The molecule has 142 valence electrons. The molecule has 4 rings (SSSR count). The van der Waals surface area contributed by atoms with E-state index >= 15 is 0 Å². The summed E-state index contributed by atoms with van der Waals surface area (Å²) in [7, 11) is 1.39. The number of aliphatic hydroxyl groups excluding tert-OH is 1. The molecule has 2 aromatic rings. The minimum absolute atomic E-state index is 0.0213. The number of ether oxygens (including phenoxy) is 1. The first kappa shape index (κ1) is 18.0. The van der Waals surface area contributed by atoms with Gasteiger partial charge in [-0.2, -0.15) is 0 Å². The monoisotopic (exact) mass is 369 g/mol. The topological polar surface area (TPSA) is 49.8 Å². The lowest BCUT2D eigenvalue weighted by Gasteiger charge is -2.36. The number of nitrogens with zero attached hydrogens (tertiary/aromatic N) is 1. The van der Waals surface area contributed by atoms with Gasteiger partial charge in [0.2, 0.25) is 0 Å². The molecule has 0 unspecified atom stereocenters. The number of hydrogen-bond acceptors (Lipinski definition) is 3. The Morgan fingerprint density at radius 1 is 1.22 bits per heavy atom. The van der Waals surface area contributed by atoms with E-state index in [9.17, 15) is 14.3 Å². The summed E-state index contributed by atoms with van der Waals surface area (Å²) in [5.41, 5.74) is 0.827. The van der Waals surface area contributed by atoms with Gasteiger partial charge in [0.25, 0.3) is 5.91 Å². The summed E-state index contributed by atoms with van der Waals surface area (Å²) in [4.78, 5) is 15.0. The van der Waals surface area contributed by atoms with Crippen molar-refractivity contribution in [1.29, 1.82) is 0 Å². The third kappa shape index (κ3) is 2.90. The number of hydrogen-bond donors (Lipinski definition) is 1. The lowest BCUT2D eigenvalue weighted by atomic mass is 9.70. The Hall–Kier alpha value is -2.40. The maximum Gasteiger partial charge on any atom is 0.257 e. The van der Waals surface area contributed by atoms with Crippen LogP contribution >= 0.6 is 0 Å². The van der Waals surface area contributed by atoms with Crippen molar-refractivity contribution in [2.45, 2.75) is 37.8 Å². The van der Waals surface area contributed by atoms with Gasteiger partial charge in [-0.05, 0) is 43.4 Å². The molecule has 3 atom stereocenters. The van der Waals surface area contributed by atoms with E-state index in [-0.39, 0.29) is 41.3 Å². The zero-order valence-corrected chi connectivity index (χ0v) is 15.4. The largest absolute Gasteiger partial charge is 0.494 e. The van der Waals surface area contributed by atoms with Crippen LogP contribution in [0.1, 0.15) is 35.2 Å². The van der Waals surface area contributed by atoms with Crippen molar-refractivity contribution in [3.63, 3.8) is 0 Å². The van der Waals surface area contributed by atoms with E-state index < -0.39 is 5.82 Å². The van der Waals surface area contributed by atoms with Gasteiger partial charge in [-0.3, -0.25) is 4.79 Å². The molecule has 5 heteroatoms. The zero-order valence-electron chi connectivity index (χ0n) is 15.4. The second-order valence-corrected chi connectivity index (χ2v) is 7.67. The van der Waals surface area contributed by atoms with E-state index in [2.05, 4.69) is 12.1 Å². The first-order chi connectivity index (χ1) is 13.1. The fourth-order valence-corrected chi connectivity index (χ4v) is 4.99. The SMILES string of the molecule is COc1cccc(C(=O)N2[C@H]3CC[C@@H]2[C@@](CO)(Cc2ccccc2)C3)c1F. The Kier molecular flexibility index (Phi) is 4.64. The lowest BCUT2D eigenvalue weighted by Crippen LogP contribution is -2.44. The van der Waals surface area contributed by atoms with Crippen molar-refractivity contribution in [3.05, 3.63) is 65.5 Å². The summed E-state index contributed by atoms with van der Waals surface area (Å²) in [5.74, 6) is -0.846. The van der Waals surface area contributed by atoms with Gasteiger partial charge in [0, 0.05) is 17.5 Å². The molecular formula is C22H24FNO3. The summed E-state index contributed by atoms with van der Waals surface area (Å²) < 4.78 is 19.7. The predicted octanol–water partition coefficient (Wildman–Crippen LogP) is 3.43. The van der Waals surface area contributed by atoms with Gasteiger partial charge in [0.15, 0.2) is 11.6 Å². The van der Waals surface area contributed by atoms with E-state index in [1.807, 2.05) is 23.1 Å². The Morgan fingerprint density at radius 3 is 2.70 bits per heavy atom. The Labute approximate surface area is 158 Å². The lowest BCUT2D eigenvalue weighted by molar-refractivity contribution is 0.0567. The molecule has 1 N–H and O–H groups in total. The van der Waals surface area contributed by atoms with E-state index in [1.54, 1.807) is 6.07 Å². The molecule has 0 aliphatic carbocycles. The number of halogens is 1. The Balaban J connectivity index is 1.65. The molecule has 2 heterocycles. The van der Waals surface area contributed by atoms with Crippen LogP contribution < -0.4 is 4.74 Å². The molecule has 2 aliphatic rings. The maximum absolute atomic E-state index is 14.7. The average molecular weight is 369 g/mol. The van der Waals surface area contributed by atoms with Crippen LogP contribution in [0.3, 0.4) is 0 Å². The minimum atomic E-state index is -0.617. The van der Waals surface area contributed by atoms with Crippen LogP contribution in [-0.4, -0.2) is 41.7 Å². The minimum Gasteiger partial charge on any atom is -0.494 e. The summed E-state index contributed by atoms with van der Waals surface area (Å²) >= 11 is 0. The van der Waals surface area contributed by atoms with Gasteiger partial charge in [-0.15, -0.1) is 0 Å². The predicted molar refractivity (Wildman–Crippen MR) is 100 cm³/mol. The molecule has 0 radical (unpaired) electrons. The number of fused-ring (bicyclic) bond motifs is 2. The van der Waals surface area contributed by atoms with Crippen molar-refractivity contribution >= 4 is 5.91 Å². The number of amides is 1. The summed E-state index contributed by atoms with van der Waals surface area (Å²) in [6.45, 7) is 0.0213. The third-order valence-electron chi connectivity index (χ3n) is 6.21. The highest BCUT2D eigenvalue weighted by Gasteiger charge is 2.57. The quantitative estimate of drug-likeness (QED) is 0.878. The third-order valence-corrected chi connectivity index (χ3v) is 6.21. The Bertz CT molecular complexity index is 841. The first-order valence-corrected chi connectivity index (χ1v) is 9.39. The molecule has 2 fully saturated rings. The van der Waals surface area contributed by atoms with Crippen molar-refractivity contribution < 1.29 is 19.0 Å². The van der Waals surface area contributed by atoms with Gasteiger partial charge in [-0.1, -0.05) is 36.4 Å². The number of methoxy groups -OCH3 is 1. The van der Waals surface area contributed by atoms with E-state index in [4.69, 9.17) is 4.74 Å². The van der Waals surface area contributed by atoms with E-state index in [0.29, 0.717) is 0 Å². The maximum atomic E-state index is 14.7. The fraction of sp³-hybridized carbons (Fsp3) is 0.409. The molecule has 0 aromatic heterocycles. The average Bonchev–Trinajstić information content (AvgIpc) is 3.24. The molecule has 0 saturated carbocycles. The number of benzene rings is 2. The van der Waals surface area contributed by atoms with Gasteiger partial charge < -0.3 is 14.7 Å². The molecular weight excluding hydrogens is 345 g/mol. The number of carbonyl (C=O) groups excluding carboxylic acids is 1. The smallest absolute Gasteiger partial charge is 0.257 e. The molecule has 1 amide bonds. The summed E-state index contributed by atoms with van der Waals surface area (Å²) in [6.07, 6.45) is 3.21. The summed E-state index contributed by atoms with van der Waals surface area (Å²) in [6, 6.07) is 14.7. The van der Waals surface area contributed by atoms with Crippen LogP contribution in [0, 0.1) is 11.2 Å². The second-order valence-electron chi connectivity index (χ2n) is 7.67. The van der Waals surface area contributed by atoms with Crippen LogP contribution in [0.15, 0.2) is 48.5 Å². The highest BCUT2D eigenvalue weighted by atomic mass is 19.1. The zero-order chi connectivity index (χ0) is 19.0. The highest BCUT2D eigenvalue weighted by Crippen LogP contribution is 2.52. The normalized spacial score (nSPS) is 26.4. The van der Waals surface area contributed by atoms with Gasteiger partial charge in [-0.25, -0.2) is 4.39 Å². The fourth-order valence-electron chi connectivity index (χ4n) is 4.99. The van der Waals surface area contributed by atoms with Gasteiger partial charge in [0.05, 0.1) is 19.3 Å². The van der Waals surface area contributed by atoms with Crippen molar-refractivity contribution in [2.24, 2.45) is 5.41 Å². The molecule has 2 aliphatic heterocycles. The summed E-state index contributed by atoms with van der Waals surface area (Å²) in [5, 5.41) is 10.3. The molecule has 2 saturated heterocycles. The number of rotatable bonds is 5. The van der Waals surface area contributed by atoms with Crippen LogP contribution in [0.25, 0.3) is 0 Å². The van der Waals surface area contributed by atoms with Crippen LogP contribution in [0.5, 0.6) is 5.75 Å². The number of carbonyl (C=O) groups is 1. The second kappa shape index (κ2) is 6.97. The molecule has 4 nitrogen and oxygen atoms in total. The molecule has 2 bridgehead atoms. The standard InChI is InChI=1S/C22H24FNO3/c1-27-18-9-5-8-17(20(18)23)21(26)24-16-10-11-19(24)22(13-16,14-25)12-15-6-3-2-4-7-15/h2-9,16,19,25H,10-14H2,1H3/t16-,19+,22-/m0/s1. The van der Waals surface area contributed by atoms with Crippen molar-refractivity contribution in [2.75, 3.05) is 13.7 Å². The van der Waals surface area contributed by atoms with Crippen molar-refractivity contribution in [1.82, 2.24) is 4.90 Å². The highest BCUT2D eigenvalue weighted by molar-refractivity contribution is 5.96. The number of aliphatic hydroxyl groups is 1. The van der Waals surface area contributed by atoms with Crippen molar-refractivity contribution in [3.8, 4) is 5.75 Å². The molecule has 0 spiro atoms. The first-order valence-electron chi connectivity index (χ1n) is 9.39. The molecule has 2 aromatic carbocycles. The van der Waals surface area contributed by atoms with E-state index in [0.717, 1.165) is 31.2 Å². The molecule has 27 heavy (non-hydrogen) atoms. The van der Waals surface area contributed by atoms with Crippen LogP contribution in [0.4, 0.5) is 4.39 Å². The van der Waals surface area contributed by atoms with Gasteiger partial charge in [0.1, 0.15) is 0 Å². The van der Waals surface area contributed by atoms with E-state index in [1.165, 1.54) is 19.2 Å². The van der Waals surface area contributed by atoms with Crippen LogP contribution in [0.2, 0.25) is 0 Å². The van der Waals surface area contributed by atoms with Crippen LogP contribution in [-0.2, 0) is 6.42 Å². The Morgan fingerprint density at radius 2 is 2.00 bits per heavy atom.